The second kappa shape index (κ2) is 9.90. The SMILES string of the molecule is C=C/C=C(\C=C)NC(=O)NC(/C=C\C=C/C)=C/C. The fourth-order valence-electron chi connectivity index (χ4n) is 1.06. The summed E-state index contributed by atoms with van der Waals surface area (Å²) in [6, 6.07) is -0.318. The first-order chi connectivity index (χ1) is 8.67. The van der Waals surface area contributed by atoms with Gasteiger partial charge in [0.2, 0.25) is 0 Å². The third-order valence-electron chi connectivity index (χ3n) is 1.92. The van der Waals surface area contributed by atoms with Gasteiger partial charge in [0.1, 0.15) is 0 Å². The molecule has 96 valence electrons. The minimum atomic E-state index is -0.318. The highest BCUT2D eigenvalue weighted by Gasteiger charge is 2.01. The zero-order valence-electron chi connectivity index (χ0n) is 10.9. The minimum absolute atomic E-state index is 0.318. The van der Waals surface area contributed by atoms with Crippen molar-refractivity contribution in [3.63, 3.8) is 0 Å². The highest BCUT2D eigenvalue weighted by atomic mass is 16.2. The molecule has 0 aromatic heterocycles. The first-order valence-electron chi connectivity index (χ1n) is 5.66. The first kappa shape index (κ1) is 15.7. The van der Waals surface area contributed by atoms with Crippen LogP contribution in [0.25, 0.3) is 0 Å². The van der Waals surface area contributed by atoms with Crippen LogP contribution in [0.5, 0.6) is 0 Å². The Hall–Kier alpha value is -2.29. The summed E-state index contributed by atoms with van der Waals surface area (Å²) in [5, 5.41) is 5.37. The van der Waals surface area contributed by atoms with Crippen molar-refractivity contribution in [2.45, 2.75) is 13.8 Å². The van der Waals surface area contributed by atoms with Gasteiger partial charge < -0.3 is 10.6 Å². The van der Waals surface area contributed by atoms with Crippen molar-refractivity contribution >= 4 is 6.03 Å². The van der Waals surface area contributed by atoms with Crippen molar-refractivity contribution in [1.29, 1.82) is 0 Å². The lowest BCUT2D eigenvalue weighted by Crippen LogP contribution is -2.33. The molecule has 0 aliphatic heterocycles. The quantitative estimate of drug-likeness (QED) is 0.689. The number of hydrogen-bond donors (Lipinski definition) is 2. The van der Waals surface area contributed by atoms with E-state index >= 15 is 0 Å². The number of carbonyl (C=O) groups excluding carboxylic acids is 1. The smallest absolute Gasteiger partial charge is 0.308 e. The third kappa shape index (κ3) is 7.06. The van der Waals surface area contributed by atoms with Crippen molar-refractivity contribution in [1.82, 2.24) is 10.6 Å². The van der Waals surface area contributed by atoms with E-state index in [0.29, 0.717) is 11.4 Å². The Labute approximate surface area is 109 Å². The molecule has 3 nitrogen and oxygen atoms in total. The summed E-state index contributed by atoms with van der Waals surface area (Å²) < 4.78 is 0. The van der Waals surface area contributed by atoms with E-state index in [9.17, 15) is 4.79 Å². The Morgan fingerprint density at radius 3 is 2.22 bits per heavy atom. The van der Waals surface area contributed by atoms with Crippen molar-refractivity contribution < 1.29 is 4.79 Å². The molecule has 0 bridgehead atoms. The number of urea groups is 1. The largest absolute Gasteiger partial charge is 0.323 e. The van der Waals surface area contributed by atoms with Gasteiger partial charge in [0.05, 0.1) is 0 Å². The van der Waals surface area contributed by atoms with E-state index in [1.165, 1.54) is 0 Å². The summed E-state index contributed by atoms with van der Waals surface area (Å²) in [5.41, 5.74) is 1.31. The molecule has 0 unspecified atom stereocenters. The molecule has 18 heavy (non-hydrogen) atoms. The lowest BCUT2D eigenvalue weighted by molar-refractivity contribution is 0.246. The molecule has 2 amide bonds. The van der Waals surface area contributed by atoms with E-state index in [4.69, 9.17) is 0 Å². The van der Waals surface area contributed by atoms with Gasteiger partial charge in [-0.05, 0) is 32.1 Å². The van der Waals surface area contributed by atoms with Crippen LogP contribution in [0.4, 0.5) is 4.79 Å². The maximum atomic E-state index is 11.7. The lowest BCUT2D eigenvalue weighted by Gasteiger charge is -2.08. The van der Waals surface area contributed by atoms with Gasteiger partial charge in [-0.2, -0.15) is 0 Å². The summed E-state index contributed by atoms with van der Waals surface area (Å²) in [6.45, 7) is 10.9. The van der Waals surface area contributed by atoms with Crippen LogP contribution < -0.4 is 10.6 Å². The van der Waals surface area contributed by atoms with Gasteiger partial charge in [0.25, 0.3) is 0 Å². The van der Waals surface area contributed by atoms with Gasteiger partial charge in [0, 0.05) is 11.4 Å². The second-order valence-electron chi connectivity index (χ2n) is 3.27. The predicted molar refractivity (Wildman–Crippen MR) is 77.9 cm³/mol. The van der Waals surface area contributed by atoms with Gasteiger partial charge in [-0.1, -0.05) is 43.5 Å². The molecule has 0 aliphatic rings. The molecular formula is C15H20N2O. The van der Waals surface area contributed by atoms with E-state index in [1.54, 1.807) is 18.2 Å². The second-order valence-corrected chi connectivity index (χ2v) is 3.27. The molecule has 0 saturated carbocycles. The molecule has 0 radical (unpaired) electrons. The van der Waals surface area contributed by atoms with E-state index in [0.717, 1.165) is 0 Å². The van der Waals surface area contributed by atoms with Gasteiger partial charge in [-0.25, -0.2) is 4.79 Å². The van der Waals surface area contributed by atoms with Crippen LogP contribution in [0, 0.1) is 0 Å². The molecule has 0 aliphatic carbocycles. The van der Waals surface area contributed by atoms with Gasteiger partial charge in [-0.15, -0.1) is 0 Å². The van der Waals surface area contributed by atoms with Gasteiger partial charge in [-0.3, -0.25) is 0 Å². The fraction of sp³-hybridized carbons (Fsp3) is 0.133. The predicted octanol–water partition coefficient (Wildman–Crippen LogP) is 3.58. The Bertz CT molecular complexity index is 412. The van der Waals surface area contributed by atoms with Crippen molar-refractivity contribution in [3.8, 4) is 0 Å². The molecule has 3 heteroatoms. The Balaban J connectivity index is 4.50. The zero-order chi connectivity index (χ0) is 13.8. The van der Waals surface area contributed by atoms with Crippen LogP contribution in [0.15, 0.2) is 73.2 Å². The molecule has 0 heterocycles. The molecule has 0 fully saturated rings. The average Bonchev–Trinajstić information content (AvgIpc) is 2.37. The fourth-order valence-corrected chi connectivity index (χ4v) is 1.06. The number of nitrogens with one attached hydrogen (secondary N) is 2. The van der Waals surface area contributed by atoms with Gasteiger partial charge in [0.15, 0.2) is 0 Å². The molecular weight excluding hydrogens is 224 g/mol. The number of allylic oxidation sites excluding steroid dienone is 8. The summed E-state index contributed by atoms with van der Waals surface area (Å²) in [5.74, 6) is 0. The summed E-state index contributed by atoms with van der Waals surface area (Å²) in [7, 11) is 0. The third-order valence-corrected chi connectivity index (χ3v) is 1.92. The van der Waals surface area contributed by atoms with E-state index < -0.39 is 0 Å². The van der Waals surface area contributed by atoms with Crippen LogP contribution in [-0.2, 0) is 0 Å². The number of carbonyl (C=O) groups is 1. The van der Waals surface area contributed by atoms with Crippen LogP contribution in [0.1, 0.15) is 13.8 Å². The average molecular weight is 244 g/mol. The standard InChI is InChI=1S/C15H20N2O/c1-5-9-10-12-14(8-4)17-15(18)16-13(7-3)11-6-2/h5-12H,2-3H2,1,4H3,(H2,16,17,18)/b9-5-,12-10-,13-11+,14-8+. The highest BCUT2D eigenvalue weighted by molar-refractivity contribution is 5.78. The number of rotatable bonds is 6. The maximum absolute atomic E-state index is 11.7. The van der Waals surface area contributed by atoms with Crippen LogP contribution in [-0.4, -0.2) is 6.03 Å². The lowest BCUT2D eigenvalue weighted by atomic mass is 10.3. The zero-order valence-corrected chi connectivity index (χ0v) is 10.9. The van der Waals surface area contributed by atoms with E-state index in [2.05, 4.69) is 23.8 Å². The molecule has 0 atom stereocenters. The van der Waals surface area contributed by atoms with E-state index in [1.807, 2.05) is 44.2 Å². The van der Waals surface area contributed by atoms with Gasteiger partial charge >= 0.3 is 6.03 Å². The van der Waals surface area contributed by atoms with Crippen molar-refractivity contribution in [2.75, 3.05) is 0 Å². The van der Waals surface area contributed by atoms with Crippen molar-refractivity contribution in [3.05, 3.63) is 73.2 Å². The first-order valence-corrected chi connectivity index (χ1v) is 5.66. The Kier molecular flexibility index (Phi) is 8.64. The Morgan fingerprint density at radius 1 is 1.06 bits per heavy atom. The molecule has 0 aromatic rings. The number of amides is 2. The minimum Gasteiger partial charge on any atom is -0.308 e. The Morgan fingerprint density at radius 2 is 1.72 bits per heavy atom. The summed E-state index contributed by atoms with van der Waals surface area (Å²) >= 11 is 0. The van der Waals surface area contributed by atoms with E-state index in [-0.39, 0.29) is 6.03 Å². The van der Waals surface area contributed by atoms with Crippen molar-refractivity contribution in [2.24, 2.45) is 0 Å². The maximum Gasteiger partial charge on any atom is 0.323 e. The highest BCUT2D eigenvalue weighted by Crippen LogP contribution is 1.95. The topological polar surface area (TPSA) is 41.1 Å². The molecule has 0 saturated heterocycles. The molecule has 2 N–H and O–H groups in total. The monoisotopic (exact) mass is 244 g/mol. The summed E-state index contributed by atoms with van der Waals surface area (Å²) in [6.07, 6.45) is 14.1. The molecule has 0 aromatic carbocycles. The van der Waals surface area contributed by atoms with Crippen LogP contribution >= 0.6 is 0 Å². The normalized spacial score (nSPS) is 12.8. The number of hydrogen-bond acceptors (Lipinski definition) is 1. The summed E-state index contributed by atoms with van der Waals surface area (Å²) in [4.78, 5) is 11.7. The van der Waals surface area contributed by atoms with Crippen LogP contribution in [0.3, 0.4) is 0 Å². The molecule has 0 spiro atoms. The van der Waals surface area contributed by atoms with Crippen LogP contribution in [0.2, 0.25) is 0 Å². The molecule has 0 rings (SSSR count).